The van der Waals surface area contributed by atoms with E-state index < -0.39 is 17.6 Å². The molecule has 0 aromatic heterocycles. The zero-order chi connectivity index (χ0) is 15.4. The lowest BCUT2D eigenvalue weighted by Gasteiger charge is -2.17. The highest BCUT2D eigenvalue weighted by Crippen LogP contribution is 2.27. The smallest absolute Gasteiger partial charge is 0.227 e. The Labute approximate surface area is 133 Å². The molecule has 1 fully saturated rings. The van der Waals surface area contributed by atoms with E-state index in [1.54, 1.807) is 0 Å². The number of nitrogens with two attached hydrogens (primary N) is 1. The van der Waals surface area contributed by atoms with Crippen LogP contribution >= 0.6 is 12.4 Å². The van der Waals surface area contributed by atoms with Crippen molar-refractivity contribution in [3.63, 3.8) is 0 Å². The van der Waals surface area contributed by atoms with E-state index in [1.807, 2.05) is 0 Å². The summed E-state index contributed by atoms with van der Waals surface area (Å²) >= 11 is 0. The van der Waals surface area contributed by atoms with Crippen molar-refractivity contribution in [2.45, 2.75) is 12.8 Å². The number of hydrogen-bond donors (Lipinski definition) is 2. The predicted octanol–water partition coefficient (Wildman–Crippen LogP) is 1.20. The molecule has 0 saturated carbocycles. The van der Waals surface area contributed by atoms with Gasteiger partial charge in [-0.1, -0.05) is 0 Å². The predicted molar refractivity (Wildman–Crippen MR) is 80.7 cm³/mol. The Morgan fingerprint density at radius 2 is 2.14 bits per heavy atom. The highest BCUT2D eigenvalue weighted by Gasteiger charge is 2.36. The molecule has 1 heterocycles. The first-order valence-electron chi connectivity index (χ1n) is 6.76. The lowest BCUT2D eigenvalue weighted by Crippen LogP contribution is -2.34. The van der Waals surface area contributed by atoms with Crippen LogP contribution in [0.4, 0.5) is 14.5 Å². The average Bonchev–Trinajstić information content (AvgIpc) is 2.81. The molecule has 1 atom stereocenters. The fraction of sp³-hybridized carbons (Fsp3) is 0.429. The van der Waals surface area contributed by atoms with Crippen LogP contribution in [0.2, 0.25) is 0 Å². The lowest BCUT2D eigenvalue weighted by atomic mass is 10.1. The fourth-order valence-electron chi connectivity index (χ4n) is 2.27. The molecule has 22 heavy (non-hydrogen) atoms. The maximum Gasteiger partial charge on any atom is 0.227 e. The van der Waals surface area contributed by atoms with Crippen molar-refractivity contribution < 1.29 is 18.4 Å². The summed E-state index contributed by atoms with van der Waals surface area (Å²) in [6, 6.07) is 3.01. The second-order valence-corrected chi connectivity index (χ2v) is 4.93. The molecule has 1 unspecified atom stereocenters. The second-order valence-electron chi connectivity index (χ2n) is 4.93. The Hall–Kier alpha value is -1.73. The van der Waals surface area contributed by atoms with Gasteiger partial charge in [0.1, 0.15) is 11.6 Å². The van der Waals surface area contributed by atoms with Gasteiger partial charge >= 0.3 is 0 Å². The molecule has 1 aromatic carbocycles. The molecule has 2 amide bonds. The number of nitrogens with zero attached hydrogens (tertiary/aromatic N) is 1. The van der Waals surface area contributed by atoms with Crippen molar-refractivity contribution in [1.29, 1.82) is 0 Å². The molecule has 2 rings (SSSR count). The van der Waals surface area contributed by atoms with Gasteiger partial charge in [0, 0.05) is 25.6 Å². The normalized spacial score (nSPS) is 17.3. The third kappa shape index (κ3) is 4.14. The quantitative estimate of drug-likeness (QED) is 0.795. The molecular formula is C14H18ClF2N3O2. The number of carbonyl (C=O) groups excluding carboxylic acids is 2. The molecule has 0 spiro atoms. The molecule has 3 N–H and O–H groups in total. The Balaban J connectivity index is 0.00000242. The van der Waals surface area contributed by atoms with Gasteiger partial charge in [-0.2, -0.15) is 0 Å². The van der Waals surface area contributed by atoms with Crippen molar-refractivity contribution in [3.05, 3.63) is 29.8 Å². The van der Waals surface area contributed by atoms with Gasteiger partial charge in [-0.15, -0.1) is 12.4 Å². The van der Waals surface area contributed by atoms with Crippen molar-refractivity contribution in [3.8, 4) is 0 Å². The molecule has 0 radical (unpaired) electrons. The third-order valence-corrected chi connectivity index (χ3v) is 3.38. The highest BCUT2D eigenvalue weighted by atomic mass is 35.5. The van der Waals surface area contributed by atoms with Crippen LogP contribution in [0.5, 0.6) is 0 Å². The number of hydrogen-bond acceptors (Lipinski definition) is 3. The lowest BCUT2D eigenvalue weighted by molar-refractivity contribution is -0.126. The van der Waals surface area contributed by atoms with Gasteiger partial charge in [-0.25, -0.2) is 8.78 Å². The summed E-state index contributed by atoms with van der Waals surface area (Å²) in [4.78, 5) is 25.0. The maximum absolute atomic E-state index is 13.7. The number of benzene rings is 1. The molecule has 0 aliphatic carbocycles. The van der Waals surface area contributed by atoms with Crippen LogP contribution in [-0.4, -0.2) is 31.4 Å². The summed E-state index contributed by atoms with van der Waals surface area (Å²) in [5, 5.41) is 2.69. The first-order chi connectivity index (χ1) is 10.0. The van der Waals surface area contributed by atoms with Gasteiger partial charge in [0.15, 0.2) is 0 Å². The van der Waals surface area contributed by atoms with E-state index in [2.05, 4.69) is 5.32 Å². The van der Waals surface area contributed by atoms with Crippen LogP contribution < -0.4 is 16.0 Å². The minimum Gasteiger partial charge on any atom is -0.356 e. The van der Waals surface area contributed by atoms with Crippen LogP contribution in [0.3, 0.4) is 0 Å². The van der Waals surface area contributed by atoms with E-state index in [1.165, 1.54) is 11.0 Å². The minimum absolute atomic E-state index is 0. The molecule has 0 bridgehead atoms. The SMILES string of the molecule is Cl.NCCCNC(=O)C1CC(=O)N(c2ccc(F)cc2F)C1. The number of nitrogens with one attached hydrogen (secondary N) is 1. The van der Waals surface area contributed by atoms with E-state index in [0.717, 1.165) is 12.1 Å². The Morgan fingerprint density at radius 1 is 1.41 bits per heavy atom. The second kappa shape index (κ2) is 8.05. The standard InChI is InChI=1S/C14H17F2N3O2.ClH/c15-10-2-3-12(11(16)7-10)19-8-9(6-13(19)20)14(21)18-5-1-4-17;/h2-3,7,9H,1,4-6,8,17H2,(H,18,21);1H. The third-order valence-electron chi connectivity index (χ3n) is 3.38. The minimum atomic E-state index is -0.812. The highest BCUT2D eigenvalue weighted by molar-refractivity contribution is 6.00. The molecule has 5 nitrogen and oxygen atoms in total. The molecule has 1 aliphatic rings. The zero-order valence-corrected chi connectivity index (χ0v) is 12.7. The van der Waals surface area contributed by atoms with E-state index in [9.17, 15) is 18.4 Å². The van der Waals surface area contributed by atoms with E-state index in [4.69, 9.17) is 5.73 Å². The molecule has 1 aromatic rings. The van der Waals surface area contributed by atoms with Gasteiger partial charge in [-0.3, -0.25) is 9.59 Å². The van der Waals surface area contributed by atoms with Gasteiger partial charge in [0.2, 0.25) is 11.8 Å². The van der Waals surface area contributed by atoms with Crippen molar-refractivity contribution in [2.75, 3.05) is 24.5 Å². The number of carbonyl (C=O) groups is 2. The Bertz CT molecular complexity index is 557. The van der Waals surface area contributed by atoms with Gasteiger partial charge in [0.05, 0.1) is 11.6 Å². The van der Waals surface area contributed by atoms with E-state index in [0.29, 0.717) is 19.5 Å². The summed E-state index contributed by atoms with van der Waals surface area (Å²) in [6.45, 7) is 1.01. The topological polar surface area (TPSA) is 75.4 Å². The summed E-state index contributed by atoms with van der Waals surface area (Å²) < 4.78 is 26.6. The van der Waals surface area contributed by atoms with Gasteiger partial charge in [-0.05, 0) is 25.1 Å². The first kappa shape index (κ1) is 18.3. The maximum atomic E-state index is 13.7. The Morgan fingerprint density at radius 3 is 2.77 bits per heavy atom. The van der Waals surface area contributed by atoms with Crippen molar-refractivity contribution in [2.24, 2.45) is 11.7 Å². The van der Waals surface area contributed by atoms with Crippen LogP contribution in [0.1, 0.15) is 12.8 Å². The van der Waals surface area contributed by atoms with Crippen LogP contribution in [0.25, 0.3) is 0 Å². The van der Waals surface area contributed by atoms with Crippen LogP contribution in [0, 0.1) is 17.6 Å². The zero-order valence-electron chi connectivity index (χ0n) is 11.9. The first-order valence-corrected chi connectivity index (χ1v) is 6.76. The fourth-order valence-corrected chi connectivity index (χ4v) is 2.27. The van der Waals surface area contributed by atoms with Gasteiger partial charge in [0.25, 0.3) is 0 Å². The Kier molecular flexibility index (Phi) is 6.70. The number of anilines is 1. The molecule has 8 heteroatoms. The van der Waals surface area contributed by atoms with Crippen LogP contribution in [-0.2, 0) is 9.59 Å². The number of rotatable bonds is 5. The largest absolute Gasteiger partial charge is 0.356 e. The molecule has 1 aliphatic heterocycles. The van der Waals surface area contributed by atoms with Crippen molar-refractivity contribution in [1.82, 2.24) is 5.32 Å². The molecule has 122 valence electrons. The van der Waals surface area contributed by atoms with Crippen LogP contribution in [0.15, 0.2) is 18.2 Å². The average molecular weight is 334 g/mol. The van der Waals surface area contributed by atoms with Crippen molar-refractivity contribution >= 4 is 29.9 Å². The summed E-state index contributed by atoms with van der Waals surface area (Å²) in [7, 11) is 0. The molecular weight excluding hydrogens is 316 g/mol. The van der Waals surface area contributed by atoms with Gasteiger partial charge < -0.3 is 16.0 Å². The summed E-state index contributed by atoms with van der Waals surface area (Å²) in [5.74, 6) is -2.65. The summed E-state index contributed by atoms with van der Waals surface area (Å²) in [6.07, 6.45) is 0.675. The monoisotopic (exact) mass is 333 g/mol. The number of halogens is 3. The van der Waals surface area contributed by atoms with E-state index >= 15 is 0 Å². The molecule has 1 saturated heterocycles. The van der Waals surface area contributed by atoms with E-state index in [-0.39, 0.29) is 42.9 Å². The summed E-state index contributed by atoms with van der Waals surface area (Å²) in [5.41, 5.74) is 5.33. The number of amides is 2.